The van der Waals surface area contributed by atoms with Crippen LogP contribution >= 0.6 is 0 Å². The molecule has 1 aromatic rings. The molecule has 0 atom stereocenters. The van der Waals surface area contributed by atoms with E-state index in [2.05, 4.69) is 56.8 Å². The first-order valence-electron chi connectivity index (χ1n) is 7.93. The van der Waals surface area contributed by atoms with E-state index < -0.39 is 0 Å². The number of methoxy groups -OCH3 is 1. The van der Waals surface area contributed by atoms with Gasteiger partial charge in [0.2, 0.25) is 5.88 Å². The summed E-state index contributed by atoms with van der Waals surface area (Å²) in [6.07, 6.45) is 1.97. The van der Waals surface area contributed by atoms with Crippen LogP contribution in [-0.2, 0) is 11.3 Å². The van der Waals surface area contributed by atoms with E-state index in [4.69, 9.17) is 9.47 Å². The number of hydrogen-bond donors (Lipinski definition) is 1. The van der Waals surface area contributed by atoms with Gasteiger partial charge in [-0.05, 0) is 32.1 Å². The number of hydrogen-bond acceptors (Lipinski definition) is 5. The van der Waals surface area contributed by atoms with Crippen molar-refractivity contribution in [3.05, 3.63) is 11.9 Å². The van der Waals surface area contributed by atoms with Gasteiger partial charge >= 0.3 is 0 Å². The zero-order valence-electron chi connectivity index (χ0n) is 15.1. The van der Waals surface area contributed by atoms with Gasteiger partial charge in [-0.15, -0.1) is 0 Å². The molecular weight excluding hydrogens is 278 g/mol. The van der Waals surface area contributed by atoms with Gasteiger partial charge in [0.25, 0.3) is 0 Å². The first-order valence-corrected chi connectivity index (χ1v) is 7.93. The molecule has 5 nitrogen and oxygen atoms in total. The van der Waals surface area contributed by atoms with Crippen molar-refractivity contribution in [2.24, 2.45) is 5.41 Å². The van der Waals surface area contributed by atoms with Crippen LogP contribution < -0.4 is 10.1 Å². The van der Waals surface area contributed by atoms with Crippen LogP contribution in [0.2, 0.25) is 0 Å². The molecule has 0 aromatic carbocycles. The highest BCUT2D eigenvalue weighted by Gasteiger charge is 2.26. The molecule has 0 aliphatic rings. The van der Waals surface area contributed by atoms with Gasteiger partial charge < -0.3 is 14.8 Å². The molecule has 0 saturated carbocycles. The topological polar surface area (TPSA) is 56.3 Å². The third kappa shape index (κ3) is 7.07. The van der Waals surface area contributed by atoms with Gasteiger partial charge in [0.05, 0.1) is 6.61 Å². The van der Waals surface area contributed by atoms with Crippen molar-refractivity contribution in [2.75, 3.05) is 19.0 Å². The van der Waals surface area contributed by atoms with Gasteiger partial charge in [-0.1, -0.05) is 27.7 Å². The lowest BCUT2D eigenvalue weighted by Gasteiger charge is -2.33. The van der Waals surface area contributed by atoms with Crippen molar-refractivity contribution in [3.8, 4) is 5.88 Å². The van der Waals surface area contributed by atoms with E-state index in [-0.39, 0.29) is 11.0 Å². The first-order chi connectivity index (χ1) is 10.1. The Kier molecular flexibility index (Phi) is 6.60. The maximum absolute atomic E-state index is 5.65. The molecule has 0 bridgehead atoms. The average molecular weight is 309 g/mol. The predicted octanol–water partition coefficient (Wildman–Crippen LogP) is 4.04. The molecular formula is C17H31N3O2. The highest BCUT2D eigenvalue weighted by atomic mass is 16.5. The maximum Gasteiger partial charge on any atom is 0.218 e. The quantitative estimate of drug-likeness (QED) is 0.785. The van der Waals surface area contributed by atoms with Crippen molar-refractivity contribution < 1.29 is 9.47 Å². The number of nitrogens with zero attached hydrogens (tertiary/aromatic N) is 2. The molecule has 22 heavy (non-hydrogen) atoms. The molecule has 5 heteroatoms. The zero-order valence-corrected chi connectivity index (χ0v) is 15.1. The van der Waals surface area contributed by atoms with Crippen molar-refractivity contribution >= 4 is 5.82 Å². The Morgan fingerprint density at radius 1 is 1.14 bits per heavy atom. The number of rotatable bonds is 8. The molecule has 1 heterocycles. The van der Waals surface area contributed by atoms with Crippen LogP contribution in [0.4, 0.5) is 5.82 Å². The van der Waals surface area contributed by atoms with E-state index in [0.717, 1.165) is 18.7 Å². The highest BCUT2D eigenvalue weighted by molar-refractivity contribution is 5.41. The second-order valence-corrected chi connectivity index (χ2v) is 7.54. The first kappa shape index (κ1) is 18.7. The lowest BCUT2D eigenvalue weighted by molar-refractivity contribution is 0.176. The van der Waals surface area contributed by atoms with Gasteiger partial charge in [-0.25, -0.2) is 4.98 Å². The monoisotopic (exact) mass is 309 g/mol. The van der Waals surface area contributed by atoms with Crippen LogP contribution in [-0.4, -0.2) is 29.2 Å². The molecule has 126 valence electrons. The molecule has 0 spiro atoms. The SMILES string of the molecule is CCCOc1cc(NC(C)(C)CC(C)(C)C)nc(COC)n1. The lowest BCUT2D eigenvalue weighted by Crippen LogP contribution is -2.35. The summed E-state index contributed by atoms with van der Waals surface area (Å²) in [7, 11) is 1.64. The Balaban J connectivity index is 2.94. The Labute approximate surface area is 134 Å². The summed E-state index contributed by atoms with van der Waals surface area (Å²) in [4.78, 5) is 8.89. The second-order valence-electron chi connectivity index (χ2n) is 7.54. The van der Waals surface area contributed by atoms with Crippen LogP contribution in [0, 0.1) is 5.41 Å². The number of ether oxygens (including phenoxy) is 2. The summed E-state index contributed by atoms with van der Waals surface area (Å²) >= 11 is 0. The van der Waals surface area contributed by atoms with Gasteiger partial charge in [0.1, 0.15) is 12.4 Å². The van der Waals surface area contributed by atoms with Gasteiger partial charge in [0, 0.05) is 18.7 Å². The van der Waals surface area contributed by atoms with E-state index >= 15 is 0 Å². The molecule has 0 aliphatic heterocycles. The predicted molar refractivity (Wildman–Crippen MR) is 90.3 cm³/mol. The molecule has 0 aliphatic carbocycles. The van der Waals surface area contributed by atoms with Gasteiger partial charge in [-0.2, -0.15) is 4.98 Å². The summed E-state index contributed by atoms with van der Waals surface area (Å²) in [5.74, 6) is 2.01. The Morgan fingerprint density at radius 2 is 1.82 bits per heavy atom. The van der Waals surface area contributed by atoms with E-state index in [1.807, 2.05) is 6.07 Å². The Morgan fingerprint density at radius 3 is 2.36 bits per heavy atom. The molecule has 0 unspecified atom stereocenters. The van der Waals surface area contributed by atoms with E-state index in [9.17, 15) is 0 Å². The molecule has 1 N–H and O–H groups in total. The van der Waals surface area contributed by atoms with Crippen LogP contribution in [0.5, 0.6) is 5.88 Å². The Hall–Kier alpha value is -1.36. The van der Waals surface area contributed by atoms with E-state index in [0.29, 0.717) is 24.9 Å². The number of aromatic nitrogens is 2. The average Bonchev–Trinajstić information content (AvgIpc) is 2.32. The van der Waals surface area contributed by atoms with Crippen LogP contribution in [0.25, 0.3) is 0 Å². The summed E-state index contributed by atoms with van der Waals surface area (Å²) in [5, 5.41) is 3.50. The number of anilines is 1. The maximum atomic E-state index is 5.65. The minimum Gasteiger partial charge on any atom is -0.478 e. The van der Waals surface area contributed by atoms with Crippen molar-refractivity contribution in [1.82, 2.24) is 9.97 Å². The third-order valence-electron chi connectivity index (χ3n) is 2.92. The lowest BCUT2D eigenvalue weighted by atomic mass is 9.82. The molecule has 0 saturated heterocycles. The summed E-state index contributed by atoms with van der Waals surface area (Å²) in [6.45, 7) is 14.2. The highest BCUT2D eigenvalue weighted by Crippen LogP contribution is 2.29. The summed E-state index contributed by atoms with van der Waals surface area (Å²) < 4.78 is 10.8. The van der Waals surface area contributed by atoms with Gasteiger partial charge in [0.15, 0.2) is 5.82 Å². The van der Waals surface area contributed by atoms with E-state index in [1.165, 1.54) is 0 Å². The van der Waals surface area contributed by atoms with Crippen LogP contribution in [0.15, 0.2) is 6.07 Å². The smallest absolute Gasteiger partial charge is 0.218 e. The fourth-order valence-corrected chi connectivity index (χ4v) is 2.73. The van der Waals surface area contributed by atoms with Crippen molar-refractivity contribution in [1.29, 1.82) is 0 Å². The standard InChI is InChI=1S/C17H31N3O2/c1-8-9-22-15-10-13(18-14(19-15)11-21-7)20-17(5,6)12-16(2,3)4/h10H,8-9,11-12H2,1-7H3,(H,18,19,20). The minimum atomic E-state index is -0.0705. The normalized spacial score (nSPS) is 12.3. The largest absolute Gasteiger partial charge is 0.478 e. The minimum absolute atomic E-state index is 0.0705. The molecule has 0 fully saturated rings. The fraction of sp³-hybridized carbons (Fsp3) is 0.765. The summed E-state index contributed by atoms with van der Waals surface area (Å²) in [5.41, 5.74) is 0.166. The third-order valence-corrected chi connectivity index (χ3v) is 2.92. The second kappa shape index (κ2) is 7.77. The summed E-state index contributed by atoms with van der Waals surface area (Å²) in [6, 6.07) is 1.86. The van der Waals surface area contributed by atoms with Crippen molar-refractivity contribution in [3.63, 3.8) is 0 Å². The molecule has 1 rings (SSSR count). The van der Waals surface area contributed by atoms with Crippen LogP contribution in [0.3, 0.4) is 0 Å². The molecule has 1 aromatic heterocycles. The van der Waals surface area contributed by atoms with E-state index in [1.54, 1.807) is 7.11 Å². The molecule has 0 amide bonds. The molecule has 0 radical (unpaired) electrons. The Bertz CT molecular complexity index is 467. The zero-order chi connectivity index (χ0) is 16.8. The van der Waals surface area contributed by atoms with Crippen molar-refractivity contribution in [2.45, 2.75) is 66.5 Å². The fourth-order valence-electron chi connectivity index (χ4n) is 2.73. The van der Waals surface area contributed by atoms with Gasteiger partial charge in [-0.3, -0.25) is 0 Å². The van der Waals surface area contributed by atoms with Crippen LogP contribution in [0.1, 0.15) is 60.2 Å². The number of nitrogens with one attached hydrogen (secondary N) is 1.